The molecule has 0 aliphatic rings. The Morgan fingerprint density at radius 1 is 1.28 bits per heavy atom. The van der Waals surface area contributed by atoms with Gasteiger partial charge in [-0.1, -0.05) is 25.1 Å². The fourth-order valence-electron chi connectivity index (χ4n) is 1.83. The van der Waals surface area contributed by atoms with Gasteiger partial charge in [-0.2, -0.15) is 5.10 Å². The molecule has 4 heteroatoms. The topological polar surface area (TPSA) is 29.9 Å². The zero-order valence-electron chi connectivity index (χ0n) is 10.6. The lowest BCUT2D eigenvalue weighted by atomic mass is 10.2. The van der Waals surface area contributed by atoms with Crippen molar-refractivity contribution in [3.63, 3.8) is 0 Å². The van der Waals surface area contributed by atoms with E-state index in [1.807, 2.05) is 16.8 Å². The second-order valence-electron chi connectivity index (χ2n) is 4.25. The maximum atomic E-state index is 13.6. The van der Waals surface area contributed by atoms with Crippen LogP contribution in [-0.4, -0.2) is 16.3 Å². The predicted octanol–water partition coefficient (Wildman–Crippen LogP) is 2.57. The van der Waals surface area contributed by atoms with Crippen molar-refractivity contribution in [2.45, 2.75) is 26.4 Å². The molecule has 0 amide bonds. The fraction of sp³-hybridized carbons (Fsp3) is 0.357. The van der Waals surface area contributed by atoms with Gasteiger partial charge in [-0.15, -0.1) is 0 Å². The Morgan fingerprint density at radius 2 is 2.11 bits per heavy atom. The molecule has 1 aromatic carbocycles. The summed E-state index contributed by atoms with van der Waals surface area (Å²) in [5.74, 6) is -0.180. The van der Waals surface area contributed by atoms with Gasteiger partial charge >= 0.3 is 0 Å². The number of nitrogens with zero attached hydrogens (tertiary/aromatic N) is 2. The Bertz CT molecular complexity index is 493. The summed E-state index contributed by atoms with van der Waals surface area (Å²) in [6.07, 6.45) is 2.85. The van der Waals surface area contributed by atoms with Crippen LogP contribution >= 0.6 is 0 Å². The Balaban J connectivity index is 2.05. The molecule has 0 spiro atoms. The quantitative estimate of drug-likeness (QED) is 0.795. The van der Waals surface area contributed by atoms with E-state index >= 15 is 0 Å². The molecule has 0 radical (unpaired) electrons. The highest BCUT2D eigenvalue weighted by molar-refractivity contribution is 5.18. The third-order valence-corrected chi connectivity index (χ3v) is 2.82. The number of rotatable bonds is 6. The molecule has 2 rings (SSSR count). The van der Waals surface area contributed by atoms with Crippen molar-refractivity contribution in [1.82, 2.24) is 15.1 Å². The number of halogens is 1. The van der Waals surface area contributed by atoms with E-state index < -0.39 is 0 Å². The van der Waals surface area contributed by atoms with E-state index in [0.717, 1.165) is 25.2 Å². The Morgan fingerprint density at radius 3 is 2.89 bits per heavy atom. The fourth-order valence-corrected chi connectivity index (χ4v) is 1.83. The Labute approximate surface area is 107 Å². The van der Waals surface area contributed by atoms with Crippen LogP contribution in [0.1, 0.15) is 24.6 Å². The van der Waals surface area contributed by atoms with Gasteiger partial charge in [0.25, 0.3) is 0 Å². The number of hydrogen-bond acceptors (Lipinski definition) is 2. The van der Waals surface area contributed by atoms with Crippen LogP contribution in [0.3, 0.4) is 0 Å². The lowest BCUT2D eigenvalue weighted by Gasteiger charge is -2.09. The van der Waals surface area contributed by atoms with Crippen LogP contribution in [0, 0.1) is 5.82 Å². The molecular weight excluding hydrogens is 229 g/mol. The highest BCUT2D eigenvalue weighted by Crippen LogP contribution is 2.09. The molecule has 1 aromatic heterocycles. The van der Waals surface area contributed by atoms with Crippen molar-refractivity contribution in [2.24, 2.45) is 0 Å². The van der Waals surface area contributed by atoms with Crippen LogP contribution in [0.15, 0.2) is 36.5 Å². The van der Waals surface area contributed by atoms with Gasteiger partial charge in [0, 0.05) is 18.3 Å². The second-order valence-corrected chi connectivity index (χ2v) is 4.25. The molecule has 0 saturated carbocycles. The molecule has 96 valence electrons. The largest absolute Gasteiger partial charge is 0.311 e. The van der Waals surface area contributed by atoms with E-state index in [9.17, 15) is 4.39 Å². The lowest BCUT2D eigenvalue weighted by Crippen LogP contribution is -2.18. The van der Waals surface area contributed by atoms with Crippen molar-refractivity contribution in [3.05, 3.63) is 53.6 Å². The predicted molar refractivity (Wildman–Crippen MR) is 69.7 cm³/mol. The van der Waals surface area contributed by atoms with Crippen molar-refractivity contribution < 1.29 is 4.39 Å². The number of benzene rings is 1. The lowest BCUT2D eigenvalue weighted by molar-refractivity contribution is 0.560. The first-order chi connectivity index (χ1) is 8.81. The van der Waals surface area contributed by atoms with Crippen LogP contribution in [0.25, 0.3) is 0 Å². The van der Waals surface area contributed by atoms with Crippen LogP contribution in [0.4, 0.5) is 4.39 Å². The van der Waals surface area contributed by atoms with Gasteiger partial charge < -0.3 is 5.32 Å². The van der Waals surface area contributed by atoms with Gasteiger partial charge in [0.1, 0.15) is 5.82 Å². The minimum Gasteiger partial charge on any atom is -0.311 e. The minimum absolute atomic E-state index is 0.180. The SMILES string of the molecule is CCCNCc1ccnn1Cc1ccccc1F. The molecule has 0 saturated heterocycles. The molecule has 2 aromatic rings. The molecule has 0 atom stereocenters. The van der Waals surface area contributed by atoms with Gasteiger partial charge in [-0.25, -0.2) is 4.39 Å². The van der Waals surface area contributed by atoms with Gasteiger partial charge in [0.2, 0.25) is 0 Å². The highest BCUT2D eigenvalue weighted by atomic mass is 19.1. The third kappa shape index (κ3) is 3.17. The molecule has 0 fully saturated rings. The summed E-state index contributed by atoms with van der Waals surface area (Å²) >= 11 is 0. The first-order valence-corrected chi connectivity index (χ1v) is 6.26. The molecule has 1 N–H and O–H groups in total. The molecule has 0 unspecified atom stereocenters. The molecule has 18 heavy (non-hydrogen) atoms. The van der Waals surface area contributed by atoms with Crippen LogP contribution < -0.4 is 5.32 Å². The first-order valence-electron chi connectivity index (χ1n) is 6.26. The minimum atomic E-state index is -0.180. The van der Waals surface area contributed by atoms with E-state index in [1.54, 1.807) is 18.3 Å². The average Bonchev–Trinajstić information content (AvgIpc) is 2.80. The molecule has 0 bridgehead atoms. The summed E-state index contributed by atoms with van der Waals surface area (Å²) in [6.45, 7) is 4.35. The molecular formula is C14H18FN3. The van der Waals surface area contributed by atoms with Gasteiger partial charge in [-0.3, -0.25) is 4.68 Å². The maximum absolute atomic E-state index is 13.6. The summed E-state index contributed by atoms with van der Waals surface area (Å²) in [5, 5.41) is 7.56. The van der Waals surface area contributed by atoms with Crippen molar-refractivity contribution in [3.8, 4) is 0 Å². The zero-order valence-corrected chi connectivity index (χ0v) is 10.6. The van der Waals surface area contributed by atoms with Crippen LogP contribution in [0.5, 0.6) is 0 Å². The molecule has 3 nitrogen and oxygen atoms in total. The van der Waals surface area contributed by atoms with E-state index in [0.29, 0.717) is 12.1 Å². The highest BCUT2D eigenvalue weighted by Gasteiger charge is 2.06. The molecule has 1 heterocycles. The average molecular weight is 247 g/mol. The first kappa shape index (κ1) is 12.8. The third-order valence-electron chi connectivity index (χ3n) is 2.82. The van der Waals surface area contributed by atoms with Crippen molar-refractivity contribution >= 4 is 0 Å². The summed E-state index contributed by atoms with van der Waals surface area (Å²) < 4.78 is 15.4. The normalized spacial score (nSPS) is 10.8. The number of hydrogen-bond donors (Lipinski definition) is 1. The molecule has 0 aliphatic carbocycles. The monoisotopic (exact) mass is 247 g/mol. The van der Waals surface area contributed by atoms with Crippen molar-refractivity contribution in [1.29, 1.82) is 0 Å². The van der Waals surface area contributed by atoms with Gasteiger partial charge in [-0.05, 0) is 25.1 Å². The summed E-state index contributed by atoms with van der Waals surface area (Å²) in [4.78, 5) is 0. The Kier molecular flexibility index (Phi) is 4.47. The van der Waals surface area contributed by atoms with Gasteiger partial charge in [0.15, 0.2) is 0 Å². The number of aromatic nitrogens is 2. The van der Waals surface area contributed by atoms with E-state index in [4.69, 9.17) is 0 Å². The van der Waals surface area contributed by atoms with E-state index in [-0.39, 0.29) is 5.82 Å². The number of nitrogens with one attached hydrogen (secondary N) is 1. The maximum Gasteiger partial charge on any atom is 0.128 e. The summed E-state index contributed by atoms with van der Waals surface area (Å²) in [6, 6.07) is 8.78. The summed E-state index contributed by atoms with van der Waals surface area (Å²) in [7, 11) is 0. The second kappa shape index (κ2) is 6.31. The smallest absolute Gasteiger partial charge is 0.128 e. The van der Waals surface area contributed by atoms with E-state index in [2.05, 4.69) is 17.3 Å². The van der Waals surface area contributed by atoms with Crippen LogP contribution in [-0.2, 0) is 13.1 Å². The van der Waals surface area contributed by atoms with E-state index in [1.165, 1.54) is 6.07 Å². The Hall–Kier alpha value is -1.68. The molecule has 0 aliphatic heterocycles. The zero-order chi connectivity index (χ0) is 12.8. The summed E-state index contributed by atoms with van der Waals surface area (Å²) in [5.41, 5.74) is 1.74. The van der Waals surface area contributed by atoms with Gasteiger partial charge in [0.05, 0.1) is 12.2 Å². The van der Waals surface area contributed by atoms with Crippen LogP contribution in [0.2, 0.25) is 0 Å². The van der Waals surface area contributed by atoms with Crippen molar-refractivity contribution in [2.75, 3.05) is 6.54 Å². The standard InChI is InChI=1S/C14H18FN3/c1-2-8-16-10-13-7-9-17-18(13)11-12-5-3-4-6-14(12)15/h3-7,9,16H,2,8,10-11H2,1H3.